The molecule has 0 saturated carbocycles. The monoisotopic (exact) mass is 333 g/mol. The molecule has 0 aromatic heterocycles. The highest BCUT2D eigenvalue weighted by Gasteiger charge is 2.27. The molecule has 2 heterocycles. The number of hydrogen-bond donors (Lipinski definition) is 0. The van der Waals surface area contributed by atoms with E-state index in [4.69, 9.17) is 21.1 Å². The molecule has 2 aromatic carbocycles. The standard InChI is InChI=1S/C17H13ClFNO3/c18-13-7-11(8-15-16(13)23-9-22-15)17(21)20-5-1-2-10-6-12(19)3-4-14(10)20/h3-4,6-8H,1-2,5,9H2. The van der Waals surface area contributed by atoms with E-state index in [1.54, 1.807) is 23.1 Å². The molecule has 0 saturated heterocycles. The fourth-order valence-electron chi connectivity index (χ4n) is 3.02. The fourth-order valence-corrected chi connectivity index (χ4v) is 3.29. The molecule has 1 amide bonds. The number of hydrogen-bond acceptors (Lipinski definition) is 3. The van der Waals surface area contributed by atoms with Crippen LogP contribution in [0.5, 0.6) is 11.5 Å². The number of anilines is 1. The lowest BCUT2D eigenvalue weighted by atomic mass is 10.0. The quantitative estimate of drug-likeness (QED) is 0.796. The van der Waals surface area contributed by atoms with Crippen LogP contribution in [0.3, 0.4) is 0 Å². The molecule has 2 aromatic rings. The molecule has 0 N–H and O–H groups in total. The van der Waals surface area contributed by atoms with Gasteiger partial charge in [0.25, 0.3) is 5.91 Å². The normalized spacial score (nSPS) is 15.5. The minimum atomic E-state index is -0.288. The molecule has 0 bridgehead atoms. The predicted molar refractivity (Wildman–Crippen MR) is 84.0 cm³/mol. The molecule has 4 nitrogen and oxygen atoms in total. The number of aryl methyl sites for hydroxylation is 1. The van der Waals surface area contributed by atoms with Gasteiger partial charge in [-0.15, -0.1) is 0 Å². The van der Waals surface area contributed by atoms with Crippen LogP contribution >= 0.6 is 11.6 Å². The second-order valence-electron chi connectivity index (χ2n) is 5.53. The molecule has 0 spiro atoms. The van der Waals surface area contributed by atoms with E-state index in [2.05, 4.69) is 0 Å². The Morgan fingerprint density at radius 3 is 2.96 bits per heavy atom. The number of carbonyl (C=O) groups is 1. The second kappa shape index (κ2) is 5.42. The topological polar surface area (TPSA) is 38.8 Å². The smallest absolute Gasteiger partial charge is 0.258 e. The number of carbonyl (C=O) groups excluding carboxylic acids is 1. The van der Waals surface area contributed by atoms with Crippen LogP contribution in [0.2, 0.25) is 5.02 Å². The van der Waals surface area contributed by atoms with E-state index in [9.17, 15) is 9.18 Å². The first-order valence-electron chi connectivity index (χ1n) is 7.33. The SMILES string of the molecule is O=C(c1cc(Cl)c2c(c1)OCO2)N1CCCc2cc(F)ccc21. The van der Waals surface area contributed by atoms with Crippen molar-refractivity contribution in [3.8, 4) is 11.5 Å². The Morgan fingerprint density at radius 2 is 2.09 bits per heavy atom. The van der Waals surface area contributed by atoms with Crippen molar-refractivity contribution < 1.29 is 18.7 Å². The summed E-state index contributed by atoms with van der Waals surface area (Å²) < 4.78 is 24.0. The Balaban J connectivity index is 1.72. The number of fused-ring (bicyclic) bond motifs is 2. The molecule has 6 heteroatoms. The van der Waals surface area contributed by atoms with E-state index in [0.717, 1.165) is 24.1 Å². The zero-order valence-electron chi connectivity index (χ0n) is 12.1. The number of amides is 1. The Hall–Kier alpha value is -2.27. The van der Waals surface area contributed by atoms with Crippen molar-refractivity contribution >= 4 is 23.2 Å². The molecule has 0 fully saturated rings. The van der Waals surface area contributed by atoms with Crippen LogP contribution in [0.25, 0.3) is 0 Å². The average Bonchev–Trinajstić information content (AvgIpc) is 3.02. The van der Waals surface area contributed by atoms with E-state index >= 15 is 0 Å². The maximum atomic E-state index is 13.4. The van der Waals surface area contributed by atoms with E-state index < -0.39 is 0 Å². The van der Waals surface area contributed by atoms with Gasteiger partial charge in [-0.25, -0.2) is 4.39 Å². The Morgan fingerprint density at radius 1 is 1.22 bits per heavy atom. The first kappa shape index (κ1) is 14.3. The van der Waals surface area contributed by atoms with Crippen molar-refractivity contribution in [3.05, 3.63) is 52.3 Å². The van der Waals surface area contributed by atoms with Crippen LogP contribution < -0.4 is 14.4 Å². The highest BCUT2D eigenvalue weighted by molar-refractivity contribution is 6.33. The van der Waals surface area contributed by atoms with Crippen LogP contribution in [-0.2, 0) is 6.42 Å². The summed E-state index contributed by atoms with van der Waals surface area (Å²) in [5, 5.41) is 0.347. The van der Waals surface area contributed by atoms with E-state index in [1.165, 1.54) is 12.1 Å². The Labute approximate surface area is 137 Å². The van der Waals surface area contributed by atoms with Crippen molar-refractivity contribution in [1.29, 1.82) is 0 Å². The Kier molecular flexibility index (Phi) is 3.38. The third-order valence-corrected chi connectivity index (χ3v) is 4.36. The largest absolute Gasteiger partial charge is 0.454 e. The van der Waals surface area contributed by atoms with Crippen LogP contribution in [0.4, 0.5) is 10.1 Å². The van der Waals surface area contributed by atoms with Gasteiger partial charge in [-0.3, -0.25) is 4.79 Å². The van der Waals surface area contributed by atoms with Gasteiger partial charge < -0.3 is 14.4 Å². The fraction of sp³-hybridized carbons (Fsp3) is 0.235. The van der Waals surface area contributed by atoms with Gasteiger partial charge in [-0.1, -0.05) is 11.6 Å². The first-order chi connectivity index (χ1) is 11.1. The van der Waals surface area contributed by atoms with Gasteiger partial charge in [0, 0.05) is 17.8 Å². The van der Waals surface area contributed by atoms with E-state index in [1.807, 2.05) is 0 Å². The summed E-state index contributed by atoms with van der Waals surface area (Å²) in [7, 11) is 0. The molecule has 4 rings (SSSR count). The zero-order valence-corrected chi connectivity index (χ0v) is 12.9. The van der Waals surface area contributed by atoms with Crippen molar-refractivity contribution in [2.75, 3.05) is 18.2 Å². The number of benzene rings is 2. The van der Waals surface area contributed by atoms with Gasteiger partial charge in [-0.2, -0.15) is 0 Å². The summed E-state index contributed by atoms with van der Waals surface area (Å²) in [6.45, 7) is 0.683. The van der Waals surface area contributed by atoms with Crippen LogP contribution in [0, 0.1) is 5.82 Å². The van der Waals surface area contributed by atoms with Crippen molar-refractivity contribution in [2.24, 2.45) is 0 Å². The first-order valence-corrected chi connectivity index (χ1v) is 7.71. The molecular formula is C17H13ClFNO3. The summed E-state index contributed by atoms with van der Waals surface area (Å²) in [6, 6.07) is 7.72. The van der Waals surface area contributed by atoms with Crippen LogP contribution in [0.15, 0.2) is 30.3 Å². The lowest BCUT2D eigenvalue weighted by Crippen LogP contribution is -2.35. The lowest BCUT2D eigenvalue weighted by molar-refractivity contribution is 0.0984. The molecule has 0 atom stereocenters. The molecule has 118 valence electrons. The van der Waals surface area contributed by atoms with Crippen molar-refractivity contribution in [1.82, 2.24) is 0 Å². The van der Waals surface area contributed by atoms with Crippen LogP contribution in [-0.4, -0.2) is 19.2 Å². The molecule has 2 aliphatic rings. The van der Waals surface area contributed by atoms with E-state index in [0.29, 0.717) is 28.6 Å². The Bertz CT molecular complexity index is 809. The molecule has 23 heavy (non-hydrogen) atoms. The highest BCUT2D eigenvalue weighted by atomic mass is 35.5. The summed E-state index contributed by atoms with van der Waals surface area (Å²) in [5.41, 5.74) is 2.02. The zero-order chi connectivity index (χ0) is 16.0. The minimum Gasteiger partial charge on any atom is -0.454 e. The van der Waals surface area contributed by atoms with Gasteiger partial charge in [0.1, 0.15) is 5.82 Å². The molecule has 2 aliphatic heterocycles. The lowest BCUT2D eigenvalue weighted by Gasteiger charge is -2.29. The summed E-state index contributed by atoms with van der Waals surface area (Å²) in [5.74, 6) is 0.462. The number of halogens is 2. The van der Waals surface area contributed by atoms with Crippen LogP contribution in [0.1, 0.15) is 22.3 Å². The highest BCUT2D eigenvalue weighted by Crippen LogP contribution is 2.40. The van der Waals surface area contributed by atoms with Gasteiger partial charge >= 0.3 is 0 Å². The number of nitrogens with zero attached hydrogens (tertiary/aromatic N) is 1. The van der Waals surface area contributed by atoms with Gasteiger partial charge in [0.05, 0.1) is 5.02 Å². The maximum Gasteiger partial charge on any atom is 0.258 e. The number of ether oxygens (including phenoxy) is 2. The number of rotatable bonds is 1. The molecule has 0 unspecified atom stereocenters. The van der Waals surface area contributed by atoms with Crippen molar-refractivity contribution in [3.63, 3.8) is 0 Å². The predicted octanol–water partition coefficient (Wildman–Crippen LogP) is 3.80. The maximum absolute atomic E-state index is 13.4. The van der Waals surface area contributed by atoms with Gasteiger partial charge in [0.15, 0.2) is 11.5 Å². The minimum absolute atomic E-state index is 0.0958. The van der Waals surface area contributed by atoms with E-state index in [-0.39, 0.29) is 18.5 Å². The molecule has 0 radical (unpaired) electrons. The third kappa shape index (κ3) is 2.41. The average molecular weight is 334 g/mol. The second-order valence-corrected chi connectivity index (χ2v) is 5.93. The summed E-state index contributed by atoms with van der Waals surface area (Å²) >= 11 is 6.15. The summed E-state index contributed by atoms with van der Waals surface area (Å²) in [4.78, 5) is 14.5. The summed E-state index contributed by atoms with van der Waals surface area (Å²) in [6.07, 6.45) is 1.55. The third-order valence-electron chi connectivity index (χ3n) is 4.08. The van der Waals surface area contributed by atoms with Gasteiger partial charge in [-0.05, 0) is 48.7 Å². The van der Waals surface area contributed by atoms with Gasteiger partial charge in [0.2, 0.25) is 6.79 Å². The van der Waals surface area contributed by atoms with Crippen molar-refractivity contribution in [2.45, 2.75) is 12.8 Å². The molecular weight excluding hydrogens is 321 g/mol. The molecule has 0 aliphatic carbocycles.